The highest BCUT2D eigenvalue weighted by Gasteiger charge is 2.15. The Kier molecular flexibility index (Phi) is 3.38. The molecule has 0 unspecified atom stereocenters. The van der Waals surface area contributed by atoms with Gasteiger partial charge >= 0.3 is 0 Å². The second-order valence-electron chi connectivity index (χ2n) is 5.03. The van der Waals surface area contributed by atoms with Crippen LogP contribution in [0.15, 0.2) is 18.2 Å². The highest BCUT2D eigenvalue weighted by atomic mass is 19.1. The molecule has 1 aromatic carbocycles. The Bertz CT molecular complexity index is 575. The summed E-state index contributed by atoms with van der Waals surface area (Å²) in [7, 11) is 0. The molecule has 1 saturated carbocycles. The zero-order chi connectivity index (χ0) is 13.2. The maximum absolute atomic E-state index is 13.3. The number of rotatable bonds is 4. The van der Waals surface area contributed by atoms with Crippen molar-refractivity contribution in [2.24, 2.45) is 0 Å². The molecule has 1 aliphatic rings. The fourth-order valence-corrected chi connectivity index (χ4v) is 2.72. The van der Waals surface area contributed by atoms with Crippen molar-refractivity contribution in [1.82, 2.24) is 9.55 Å². The number of imidazole rings is 1. The Labute approximate surface area is 111 Å². The van der Waals surface area contributed by atoms with Gasteiger partial charge in [-0.25, -0.2) is 9.37 Å². The van der Waals surface area contributed by atoms with E-state index in [1.807, 2.05) is 4.57 Å². The molecule has 0 spiro atoms. The van der Waals surface area contributed by atoms with Gasteiger partial charge in [-0.2, -0.15) is 0 Å². The average Bonchev–Trinajstić information content (AvgIpc) is 2.99. The predicted molar refractivity (Wildman–Crippen MR) is 72.3 cm³/mol. The Hall–Kier alpha value is -1.62. The van der Waals surface area contributed by atoms with E-state index < -0.39 is 0 Å². The number of hydrogen-bond acceptors (Lipinski definition) is 3. The van der Waals surface area contributed by atoms with Crippen molar-refractivity contribution in [3.8, 4) is 0 Å². The number of nitrogen functional groups attached to an aromatic ring is 1. The first-order valence-electron chi connectivity index (χ1n) is 6.77. The first-order valence-corrected chi connectivity index (χ1v) is 6.77. The summed E-state index contributed by atoms with van der Waals surface area (Å²) in [6.07, 6.45) is 5.19. The Morgan fingerprint density at radius 2 is 2.16 bits per heavy atom. The number of anilines is 1. The van der Waals surface area contributed by atoms with Gasteiger partial charge in [-0.3, -0.25) is 0 Å². The summed E-state index contributed by atoms with van der Waals surface area (Å²) in [5, 5.41) is 0. The number of nitrogens with two attached hydrogens (primary N) is 1. The zero-order valence-corrected chi connectivity index (χ0v) is 10.8. The van der Waals surface area contributed by atoms with Gasteiger partial charge in [0.25, 0.3) is 0 Å². The summed E-state index contributed by atoms with van der Waals surface area (Å²) < 4.78 is 20.9. The molecule has 0 amide bonds. The van der Waals surface area contributed by atoms with Gasteiger partial charge in [0.1, 0.15) is 5.82 Å². The SMILES string of the molecule is Nc1nc2ccc(F)cc2n1CCOC1CCCC1. The van der Waals surface area contributed by atoms with Gasteiger partial charge in [0.15, 0.2) is 0 Å². The van der Waals surface area contributed by atoms with Crippen LogP contribution in [-0.2, 0) is 11.3 Å². The van der Waals surface area contributed by atoms with E-state index in [0.29, 0.717) is 25.2 Å². The molecule has 0 radical (unpaired) electrons. The van der Waals surface area contributed by atoms with Crippen LogP contribution in [0.2, 0.25) is 0 Å². The van der Waals surface area contributed by atoms with Crippen molar-refractivity contribution in [2.75, 3.05) is 12.3 Å². The highest BCUT2D eigenvalue weighted by Crippen LogP contribution is 2.22. The van der Waals surface area contributed by atoms with E-state index in [1.54, 1.807) is 6.07 Å². The van der Waals surface area contributed by atoms with Crippen LogP contribution in [0.5, 0.6) is 0 Å². The van der Waals surface area contributed by atoms with Crippen LogP contribution in [0.25, 0.3) is 11.0 Å². The van der Waals surface area contributed by atoms with E-state index in [9.17, 15) is 4.39 Å². The van der Waals surface area contributed by atoms with Gasteiger partial charge in [-0.05, 0) is 31.0 Å². The van der Waals surface area contributed by atoms with Crippen molar-refractivity contribution < 1.29 is 9.13 Å². The first-order chi connectivity index (χ1) is 9.24. The van der Waals surface area contributed by atoms with Crippen molar-refractivity contribution in [1.29, 1.82) is 0 Å². The molecule has 0 aliphatic heterocycles. The average molecular weight is 263 g/mol. The summed E-state index contributed by atoms with van der Waals surface area (Å²) in [5.41, 5.74) is 7.32. The molecule has 3 rings (SSSR count). The van der Waals surface area contributed by atoms with Gasteiger partial charge in [-0.1, -0.05) is 12.8 Å². The quantitative estimate of drug-likeness (QED) is 0.922. The van der Waals surface area contributed by atoms with Crippen molar-refractivity contribution >= 4 is 17.0 Å². The topological polar surface area (TPSA) is 53.1 Å². The van der Waals surface area contributed by atoms with Crippen LogP contribution in [0.3, 0.4) is 0 Å². The number of aromatic nitrogens is 2. The maximum atomic E-state index is 13.3. The summed E-state index contributed by atoms with van der Waals surface area (Å²) in [4.78, 5) is 4.22. The van der Waals surface area contributed by atoms with E-state index in [4.69, 9.17) is 10.5 Å². The molecule has 5 heteroatoms. The van der Waals surface area contributed by atoms with E-state index in [1.165, 1.54) is 25.0 Å². The number of ether oxygens (including phenoxy) is 1. The smallest absolute Gasteiger partial charge is 0.201 e. The maximum Gasteiger partial charge on any atom is 0.201 e. The molecule has 2 aromatic rings. The van der Waals surface area contributed by atoms with Gasteiger partial charge in [0, 0.05) is 6.54 Å². The minimum Gasteiger partial charge on any atom is -0.376 e. The molecule has 1 aromatic heterocycles. The number of fused-ring (bicyclic) bond motifs is 1. The predicted octanol–water partition coefficient (Wildman–Crippen LogP) is 2.72. The number of hydrogen-bond donors (Lipinski definition) is 1. The molecular weight excluding hydrogens is 245 g/mol. The molecule has 1 fully saturated rings. The van der Waals surface area contributed by atoms with Crippen LogP contribution in [0.4, 0.5) is 10.3 Å². The first kappa shape index (κ1) is 12.4. The molecule has 0 atom stereocenters. The Balaban J connectivity index is 1.72. The van der Waals surface area contributed by atoms with Gasteiger partial charge < -0.3 is 15.0 Å². The molecule has 1 aliphatic carbocycles. The number of halogens is 1. The lowest BCUT2D eigenvalue weighted by Gasteiger charge is -2.12. The van der Waals surface area contributed by atoms with E-state index in [2.05, 4.69) is 4.98 Å². The second-order valence-corrected chi connectivity index (χ2v) is 5.03. The highest BCUT2D eigenvalue weighted by molar-refractivity contribution is 5.78. The standard InChI is InChI=1S/C14H18FN3O/c15-10-5-6-12-13(9-10)18(14(16)17-12)7-8-19-11-3-1-2-4-11/h5-6,9,11H,1-4,7-8H2,(H2,16,17). The third-order valence-corrected chi connectivity index (χ3v) is 3.71. The largest absolute Gasteiger partial charge is 0.376 e. The minimum absolute atomic E-state index is 0.273. The Morgan fingerprint density at radius 3 is 2.95 bits per heavy atom. The van der Waals surface area contributed by atoms with Crippen molar-refractivity contribution in [2.45, 2.75) is 38.3 Å². The van der Waals surface area contributed by atoms with Crippen LogP contribution >= 0.6 is 0 Å². The van der Waals surface area contributed by atoms with Gasteiger partial charge in [0.2, 0.25) is 5.95 Å². The van der Waals surface area contributed by atoms with E-state index in [0.717, 1.165) is 23.9 Å². The Morgan fingerprint density at radius 1 is 1.37 bits per heavy atom. The molecular formula is C14H18FN3O. The molecule has 2 N–H and O–H groups in total. The van der Waals surface area contributed by atoms with Gasteiger partial charge in [-0.15, -0.1) is 0 Å². The molecule has 0 saturated heterocycles. The summed E-state index contributed by atoms with van der Waals surface area (Å²) in [6.45, 7) is 1.21. The molecule has 19 heavy (non-hydrogen) atoms. The molecule has 1 heterocycles. The van der Waals surface area contributed by atoms with Crippen LogP contribution in [0, 0.1) is 5.82 Å². The number of benzene rings is 1. The fraction of sp³-hybridized carbons (Fsp3) is 0.500. The summed E-state index contributed by atoms with van der Waals surface area (Å²) in [5.74, 6) is 0.140. The monoisotopic (exact) mass is 263 g/mol. The lowest BCUT2D eigenvalue weighted by molar-refractivity contribution is 0.0537. The summed E-state index contributed by atoms with van der Waals surface area (Å²) >= 11 is 0. The summed E-state index contributed by atoms with van der Waals surface area (Å²) in [6, 6.07) is 4.51. The lowest BCUT2D eigenvalue weighted by Crippen LogP contribution is -2.14. The van der Waals surface area contributed by atoms with Crippen LogP contribution in [-0.4, -0.2) is 22.3 Å². The van der Waals surface area contributed by atoms with E-state index in [-0.39, 0.29) is 5.82 Å². The fourth-order valence-electron chi connectivity index (χ4n) is 2.72. The normalized spacial score (nSPS) is 16.5. The minimum atomic E-state index is -0.273. The van der Waals surface area contributed by atoms with E-state index >= 15 is 0 Å². The number of nitrogens with zero attached hydrogens (tertiary/aromatic N) is 2. The molecule has 102 valence electrons. The third-order valence-electron chi connectivity index (χ3n) is 3.71. The van der Waals surface area contributed by atoms with Crippen LogP contribution in [0.1, 0.15) is 25.7 Å². The van der Waals surface area contributed by atoms with Crippen LogP contribution < -0.4 is 5.73 Å². The third kappa shape index (κ3) is 2.56. The van der Waals surface area contributed by atoms with Crippen molar-refractivity contribution in [3.63, 3.8) is 0 Å². The lowest BCUT2D eigenvalue weighted by atomic mass is 10.3. The molecule has 4 nitrogen and oxygen atoms in total. The molecule has 0 bridgehead atoms. The van der Waals surface area contributed by atoms with Gasteiger partial charge in [0.05, 0.1) is 23.7 Å². The zero-order valence-electron chi connectivity index (χ0n) is 10.8. The van der Waals surface area contributed by atoms with Crippen molar-refractivity contribution in [3.05, 3.63) is 24.0 Å². The second kappa shape index (κ2) is 5.17.